The van der Waals surface area contributed by atoms with Crippen LogP contribution in [0.5, 0.6) is 0 Å². The highest BCUT2D eigenvalue weighted by Crippen LogP contribution is 2.24. The molecule has 4 nitrogen and oxygen atoms in total. The predicted octanol–water partition coefficient (Wildman–Crippen LogP) is 4.57. The summed E-state index contributed by atoms with van der Waals surface area (Å²) in [5.41, 5.74) is 0.347. The quantitative estimate of drug-likeness (QED) is 0.579. The molecule has 0 unspecified atom stereocenters. The van der Waals surface area contributed by atoms with E-state index >= 15 is 0 Å². The van der Waals surface area contributed by atoms with Gasteiger partial charge in [-0.15, -0.1) is 0 Å². The standard InChI is InChI=1S/C11H14ClNO.C4F6O2/c1-11(2,3)10(14)13-9-6-4-5-8(12)7-9;5-3(6,7)1(11)2(12)4(8,9)10/h4-7H,1-3H3,(H,13,14);. The van der Waals surface area contributed by atoms with Gasteiger partial charge in [0.05, 0.1) is 0 Å². The number of ketones is 2. The van der Waals surface area contributed by atoms with Crippen LogP contribution in [0.3, 0.4) is 0 Å². The maximum Gasteiger partial charge on any atom is 0.458 e. The Kier molecular flexibility index (Phi) is 7.83. The van der Waals surface area contributed by atoms with E-state index in [-0.39, 0.29) is 11.3 Å². The zero-order valence-corrected chi connectivity index (χ0v) is 14.4. The summed E-state index contributed by atoms with van der Waals surface area (Å²) in [5.74, 6) is -6.83. The van der Waals surface area contributed by atoms with Crippen molar-refractivity contribution in [1.29, 1.82) is 0 Å². The van der Waals surface area contributed by atoms with E-state index in [1.54, 1.807) is 18.2 Å². The fourth-order valence-electron chi connectivity index (χ4n) is 1.14. The molecule has 0 aliphatic rings. The minimum atomic E-state index is -5.77. The van der Waals surface area contributed by atoms with Gasteiger partial charge in [0.25, 0.3) is 0 Å². The molecular formula is C15H14ClF6NO3. The monoisotopic (exact) mass is 405 g/mol. The van der Waals surface area contributed by atoms with Crippen LogP contribution in [0.25, 0.3) is 0 Å². The molecule has 1 amide bonds. The van der Waals surface area contributed by atoms with E-state index in [9.17, 15) is 40.7 Å². The maximum absolute atomic E-state index is 11.6. The van der Waals surface area contributed by atoms with Gasteiger partial charge in [0.2, 0.25) is 5.91 Å². The highest BCUT2D eigenvalue weighted by Gasteiger charge is 2.54. The van der Waals surface area contributed by atoms with Crippen molar-refractivity contribution in [3.8, 4) is 0 Å². The number of nitrogens with one attached hydrogen (secondary N) is 1. The van der Waals surface area contributed by atoms with Crippen molar-refractivity contribution in [3.63, 3.8) is 0 Å². The molecule has 0 spiro atoms. The molecule has 146 valence electrons. The topological polar surface area (TPSA) is 63.2 Å². The van der Waals surface area contributed by atoms with Crippen molar-refractivity contribution in [2.75, 3.05) is 5.32 Å². The molecule has 0 aliphatic heterocycles. The van der Waals surface area contributed by atoms with Gasteiger partial charge in [-0.2, -0.15) is 26.3 Å². The third-order valence-corrected chi connectivity index (χ3v) is 2.72. The average molecular weight is 406 g/mol. The number of alkyl halides is 6. The molecule has 0 heterocycles. The Morgan fingerprint density at radius 1 is 0.885 bits per heavy atom. The van der Waals surface area contributed by atoms with Crippen LogP contribution >= 0.6 is 11.6 Å². The summed E-state index contributed by atoms with van der Waals surface area (Å²) in [6, 6.07) is 7.12. The zero-order chi connectivity index (χ0) is 20.9. The summed E-state index contributed by atoms with van der Waals surface area (Å²) in [5, 5.41) is 3.42. The third kappa shape index (κ3) is 8.32. The molecule has 1 aromatic rings. The second-order valence-corrected chi connectivity index (χ2v) is 6.30. The number of amides is 1. The van der Waals surface area contributed by atoms with Crippen LogP contribution < -0.4 is 5.32 Å². The van der Waals surface area contributed by atoms with Crippen molar-refractivity contribution in [1.82, 2.24) is 0 Å². The number of hydrogen-bond donors (Lipinski definition) is 1. The van der Waals surface area contributed by atoms with Gasteiger partial charge < -0.3 is 5.32 Å². The van der Waals surface area contributed by atoms with E-state index in [1.165, 1.54) is 0 Å². The van der Waals surface area contributed by atoms with Crippen LogP contribution in [-0.2, 0) is 14.4 Å². The van der Waals surface area contributed by atoms with Crippen molar-refractivity contribution < 1.29 is 40.7 Å². The number of benzene rings is 1. The summed E-state index contributed by atoms with van der Waals surface area (Å²) >= 11 is 5.79. The van der Waals surface area contributed by atoms with Gasteiger partial charge in [-0.3, -0.25) is 14.4 Å². The Balaban J connectivity index is 0.000000488. The molecule has 0 atom stereocenters. The van der Waals surface area contributed by atoms with Crippen LogP contribution in [0.15, 0.2) is 24.3 Å². The first-order valence-electron chi connectivity index (χ1n) is 6.76. The zero-order valence-electron chi connectivity index (χ0n) is 13.7. The van der Waals surface area contributed by atoms with Gasteiger partial charge >= 0.3 is 23.9 Å². The maximum atomic E-state index is 11.6. The van der Waals surface area contributed by atoms with Gasteiger partial charge in [-0.25, -0.2) is 0 Å². The number of halogens is 7. The molecule has 0 radical (unpaired) electrons. The fraction of sp³-hybridized carbons (Fsp3) is 0.400. The molecule has 1 aromatic carbocycles. The van der Waals surface area contributed by atoms with Gasteiger partial charge in [0, 0.05) is 16.1 Å². The molecule has 0 saturated carbocycles. The molecule has 11 heteroatoms. The van der Waals surface area contributed by atoms with Crippen molar-refractivity contribution >= 4 is 34.8 Å². The van der Waals surface area contributed by atoms with Crippen molar-refractivity contribution in [2.45, 2.75) is 33.1 Å². The lowest BCUT2D eigenvalue weighted by Crippen LogP contribution is -2.39. The number of carbonyl (C=O) groups excluding carboxylic acids is 3. The summed E-state index contributed by atoms with van der Waals surface area (Å²) in [6.45, 7) is 5.60. The molecule has 0 aliphatic carbocycles. The lowest BCUT2D eigenvalue weighted by atomic mass is 9.95. The number of hydrogen-bond acceptors (Lipinski definition) is 3. The van der Waals surface area contributed by atoms with Crippen LogP contribution in [0.1, 0.15) is 20.8 Å². The fourth-order valence-corrected chi connectivity index (χ4v) is 1.33. The molecule has 1 N–H and O–H groups in total. The first-order chi connectivity index (χ1) is 11.5. The molecule has 0 aromatic heterocycles. The summed E-state index contributed by atoms with van der Waals surface area (Å²) in [7, 11) is 0. The van der Waals surface area contributed by atoms with E-state index in [2.05, 4.69) is 5.32 Å². The predicted molar refractivity (Wildman–Crippen MR) is 81.7 cm³/mol. The number of anilines is 1. The number of carbonyl (C=O) groups is 3. The van der Waals surface area contributed by atoms with Gasteiger partial charge in [-0.1, -0.05) is 38.4 Å². The highest BCUT2D eigenvalue weighted by atomic mass is 35.5. The van der Waals surface area contributed by atoms with Gasteiger partial charge in [-0.05, 0) is 18.2 Å². The van der Waals surface area contributed by atoms with Crippen molar-refractivity contribution in [3.05, 3.63) is 29.3 Å². The summed E-state index contributed by atoms with van der Waals surface area (Å²) in [4.78, 5) is 30.8. The third-order valence-electron chi connectivity index (χ3n) is 2.48. The Morgan fingerprint density at radius 3 is 1.62 bits per heavy atom. The SMILES string of the molecule is CC(C)(C)C(=O)Nc1cccc(Cl)c1.O=C(C(=O)C(F)(F)F)C(F)(F)F. The smallest absolute Gasteiger partial charge is 0.326 e. The highest BCUT2D eigenvalue weighted by molar-refractivity contribution is 6.41. The van der Waals surface area contributed by atoms with E-state index in [1.807, 2.05) is 26.8 Å². The van der Waals surface area contributed by atoms with E-state index in [4.69, 9.17) is 11.6 Å². The second-order valence-electron chi connectivity index (χ2n) is 5.87. The van der Waals surface area contributed by atoms with Gasteiger partial charge in [0.15, 0.2) is 0 Å². The summed E-state index contributed by atoms with van der Waals surface area (Å²) in [6.07, 6.45) is -11.5. The Hall–Kier alpha value is -2.10. The minimum absolute atomic E-state index is 0.0141. The minimum Gasteiger partial charge on any atom is -0.326 e. The van der Waals surface area contributed by atoms with Gasteiger partial charge in [0.1, 0.15) is 0 Å². The lowest BCUT2D eigenvalue weighted by molar-refractivity contribution is -0.193. The number of rotatable bonds is 2. The van der Waals surface area contributed by atoms with Crippen LogP contribution in [0.4, 0.5) is 32.0 Å². The van der Waals surface area contributed by atoms with E-state index in [0.717, 1.165) is 5.69 Å². The molecule has 0 bridgehead atoms. The molecular weight excluding hydrogens is 392 g/mol. The van der Waals surface area contributed by atoms with Crippen LogP contribution in [0.2, 0.25) is 5.02 Å². The summed E-state index contributed by atoms with van der Waals surface area (Å²) < 4.78 is 67.0. The van der Waals surface area contributed by atoms with E-state index in [0.29, 0.717) is 5.02 Å². The number of Topliss-reactive ketones (excluding diaryl/α,β-unsaturated/α-hetero) is 2. The normalized spacial score (nSPS) is 11.9. The first kappa shape index (κ1) is 23.9. The average Bonchev–Trinajstić information content (AvgIpc) is 2.43. The Labute approximate surface area is 149 Å². The molecule has 0 saturated heterocycles. The largest absolute Gasteiger partial charge is 0.458 e. The lowest BCUT2D eigenvalue weighted by Gasteiger charge is -2.17. The Morgan fingerprint density at radius 2 is 1.31 bits per heavy atom. The first-order valence-corrected chi connectivity index (χ1v) is 7.13. The van der Waals surface area contributed by atoms with Crippen LogP contribution in [-0.4, -0.2) is 29.8 Å². The van der Waals surface area contributed by atoms with Crippen molar-refractivity contribution in [2.24, 2.45) is 5.41 Å². The second kappa shape index (κ2) is 8.52. The molecule has 26 heavy (non-hydrogen) atoms. The van der Waals surface area contributed by atoms with Crippen LogP contribution in [0, 0.1) is 5.41 Å². The van der Waals surface area contributed by atoms with E-state index < -0.39 is 23.9 Å². The Bertz CT molecular complexity index is 653. The molecule has 1 rings (SSSR count). The molecule has 0 fully saturated rings.